The minimum absolute atomic E-state index is 0.0146. The van der Waals surface area contributed by atoms with Gasteiger partial charge in [-0.1, -0.05) is 30.3 Å². The molecule has 1 fully saturated rings. The minimum atomic E-state index is -0.258. The van der Waals surface area contributed by atoms with Gasteiger partial charge in [-0.3, -0.25) is 4.79 Å². The predicted molar refractivity (Wildman–Crippen MR) is 120 cm³/mol. The third-order valence-corrected chi connectivity index (χ3v) is 5.58. The lowest BCUT2D eigenvalue weighted by Crippen LogP contribution is -2.40. The molecule has 1 aromatic heterocycles. The molecule has 0 spiro atoms. The Labute approximate surface area is 181 Å². The van der Waals surface area contributed by atoms with Crippen LogP contribution < -0.4 is 5.32 Å². The summed E-state index contributed by atoms with van der Waals surface area (Å²) in [6.07, 6.45) is 0. The van der Waals surface area contributed by atoms with E-state index in [2.05, 4.69) is 5.32 Å². The van der Waals surface area contributed by atoms with Crippen LogP contribution in [0, 0.1) is 5.82 Å². The zero-order valence-electron chi connectivity index (χ0n) is 17.8. The van der Waals surface area contributed by atoms with Crippen LogP contribution in [0.4, 0.5) is 10.2 Å². The van der Waals surface area contributed by atoms with E-state index >= 15 is 0 Å². The first-order chi connectivity index (χ1) is 15.0. The molecule has 3 aromatic rings. The Hall–Kier alpha value is -3.03. The van der Waals surface area contributed by atoms with Crippen molar-refractivity contribution in [3.05, 3.63) is 71.5 Å². The van der Waals surface area contributed by atoms with Crippen molar-refractivity contribution in [1.82, 2.24) is 14.8 Å². The summed E-state index contributed by atoms with van der Waals surface area (Å²) in [5.41, 5.74) is 2.27. The van der Waals surface area contributed by atoms with Crippen molar-refractivity contribution < 1.29 is 13.9 Å². The van der Waals surface area contributed by atoms with Gasteiger partial charge < -0.3 is 19.9 Å². The van der Waals surface area contributed by atoms with Gasteiger partial charge in [0.05, 0.1) is 30.3 Å². The van der Waals surface area contributed by atoms with E-state index < -0.39 is 0 Å². The summed E-state index contributed by atoms with van der Waals surface area (Å²) < 4.78 is 19.1. The van der Waals surface area contributed by atoms with E-state index in [4.69, 9.17) is 9.72 Å². The van der Waals surface area contributed by atoms with Crippen LogP contribution in [0.3, 0.4) is 0 Å². The van der Waals surface area contributed by atoms with Gasteiger partial charge in [-0.25, -0.2) is 9.37 Å². The van der Waals surface area contributed by atoms with E-state index in [9.17, 15) is 9.18 Å². The molecule has 4 rings (SSSR count). The van der Waals surface area contributed by atoms with Gasteiger partial charge in [0.2, 0.25) is 0 Å². The number of nitrogens with zero attached hydrogens (tertiary/aromatic N) is 3. The Kier molecular flexibility index (Phi) is 6.44. The third-order valence-electron chi connectivity index (χ3n) is 5.58. The molecule has 162 valence electrons. The molecule has 31 heavy (non-hydrogen) atoms. The Morgan fingerprint density at radius 3 is 2.68 bits per heavy atom. The molecule has 1 amide bonds. The molecule has 2 heterocycles. The van der Waals surface area contributed by atoms with Crippen LogP contribution in [0.25, 0.3) is 10.9 Å². The first-order valence-electron chi connectivity index (χ1n) is 10.5. The van der Waals surface area contributed by atoms with Crippen LogP contribution in [0.15, 0.2) is 54.6 Å². The molecule has 0 aliphatic carbocycles. The monoisotopic (exact) mass is 422 g/mol. The summed E-state index contributed by atoms with van der Waals surface area (Å²) in [5, 5.41) is 4.20. The molecule has 6 nitrogen and oxygen atoms in total. The molecule has 0 saturated carbocycles. The van der Waals surface area contributed by atoms with E-state index in [1.807, 2.05) is 60.3 Å². The zero-order chi connectivity index (χ0) is 21.8. The Bertz CT molecular complexity index is 1070. The highest BCUT2D eigenvalue weighted by atomic mass is 19.1. The maximum atomic E-state index is 13.7. The molecule has 1 aliphatic rings. The molecule has 7 heteroatoms. The van der Waals surface area contributed by atoms with Crippen LogP contribution in [0.5, 0.6) is 0 Å². The molecule has 1 N–H and O–H groups in total. The molecule has 1 saturated heterocycles. The fourth-order valence-electron chi connectivity index (χ4n) is 3.89. The number of para-hydroxylation sites is 1. The highest BCUT2D eigenvalue weighted by Gasteiger charge is 2.22. The molecule has 1 unspecified atom stereocenters. The molecular weight excluding hydrogens is 395 g/mol. The smallest absolute Gasteiger partial charge is 0.254 e. The molecule has 2 aromatic carbocycles. The standard InChI is InChI=1S/C24H27FN4O2/c1-28(2)22(17-6-5-7-18(25)14-17)16-26-23-15-20(19-8-3-4-9-21(19)27-23)24(30)29-10-12-31-13-11-29/h3-9,14-15,22H,10-13,16H2,1-2H3,(H,26,27). The summed E-state index contributed by atoms with van der Waals surface area (Å²) in [6, 6.07) is 16.1. The van der Waals surface area contributed by atoms with Crippen LogP contribution >= 0.6 is 0 Å². The average molecular weight is 423 g/mol. The Morgan fingerprint density at radius 2 is 1.94 bits per heavy atom. The van der Waals surface area contributed by atoms with E-state index in [0.29, 0.717) is 44.2 Å². The number of amides is 1. The zero-order valence-corrected chi connectivity index (χ0v) is 17.8. The van der Waals surface area contributed by atoms with Gasteiger partial charge in [-0.05, 0) is 43.9 Å². The van der Waals surface area contributed by atoms with Gasteiger partial charge in [0.15, 0.2) is 0 Å². The van der Waals surface area contributed by atoms with E-state index in [1.165, 1.54) is 6.07 Å². The fraction of sp³-hybridized carbons (Fsp3) is 0.333. The number of carbonyl (C=O) groups is 1. The summed E-state index contributed by atoms with van der Waals surface area (Å²) in [4.78, 5) is 21.8. The maximum absolute atomic E-state index is 13.7. The lowest BCUT2D eigenvalue weighted by molar-refractivity contribution is 0.0304. The van der Waals surface area contributed by atoms with Crippen LogP contribution in [0.2, 0.25) is 0 Å². The van der Waals surface area contributed by atoms with Crippen LogP contribution in [0.1, 0.15) is 22.0 Å². The second-order valence-corrected chi connectivity index (χ2v) is 7.89. The number of hydrogen-bond donors (Lipinski definition) is 1. The summed E-state index contributed by atoms with van der Waals surface area (Å²) >= 11 is 0. The number of fused-ring (bicyclic) bond motifs is 1. The maximum Gasteiger partial charge on any atom is 0.254 e. The highest BCUT2D eigenvalue weighted by molar-refractivity contribution is 6.07. The summed E-state index contributed by atoms with van der Waals surface area (Å²) in [7, 11) is 3.91. The van der Waals surface area contributed by atoms with Gasteiger partial charge in [0.25, 0.3) is 5.91 Å². The highest BCUT2D eigenvalue weighted by Crippen LogP contribution is 2.25. The molecule has 0 bridgehead atoms. The van der Waals surface area contributed by atoms with Gasteiger partial charge in [0, 0.05) is 25.0 Å². The number of anilines is 1. The number of nitrogens with one attached hydrogen (secondary N) is 1. The normalized spacial score (nSPS) is 15.3. The van der Waals surface area contributed by atoms with Crippen molar-refractivity contribution >= 4 is 22.6 Å². The van der Waals surface area contributed by atoms with E-state index in [1.54, 1.807) is 12.1 Å². The Balaban J connectivity index is 1.62. The number of carbonyl (C=O) groups excluding carboxylic acids is 1. The number of hydrogen-bond acceptors (Lipinski definition) is 5. The number of morpholine rings is 1. The van der Waals surface area contributed by atoms with Gasteiger partial charge in [-0.2, -0.15) is 0 Å². The van der Waals surface area contributed by atoms with Crippen molar-refractivity contribution in [2.75, 3.05) is 52.3 Å². The van der Waals surface area contributed by atoms with E-state index in [-0.39, 0.29) is 17.8 Å². The molecule has 0 radical (unpaired) electrons. The number of rotatable bonds is 6. The third kappa shape index (κ3) is 4.84. The topological polar surface area (TPSA) is 57.7 Å². The molecule has 1 atom stereocenters. The van der Waals surface area contributed by atoms with Crippen LogP contribution in [-0.2, 0) is 4.74 Å². The number of likely N-dealkylation sites (N-methyl/N-ethyl adjacent to an activating group) is 1. The van der Waals surface area contributed by atoms with Crippen molar-refractivity contribution in [3.63, 3.8) is 0 Å². The number of ether oxygens (including phenoxy) is 1. The number of pyridine rings is 1. The average Bonchev–Trinajstić information content (AvgIpc) is 2.78. The fourth-order valence-corrected chi connectivity index (χ4v) is 3.89. The Morgan fingerprint density at radius 1 is 1.16 bits per heavy atom. The van der Waals surface area contributed by atoms with Crippen molar-refractivity contribution in [1.29, 1.82) is 0 Å². The van der Waals surface area contributed by atoms with E-state index in [0.717, 1.165) is 16.5 Å². The quantitative estimate of drug-likeness (QED) is 0.658. The van der Waals surface area contributed by atoms with Crippen LogP contribution in [-0.4, -0.2) is 67.6 Å². The lowest BCUT2D eigenvalue weighted by atomic mass is 10.1. The SMILES string of the molecule is CN(C)C(CNc1cc(C(=O)N2CCOCC2)c2ccccc2n1)c1cccc(F)c1. The van der Waals surface area contributed by atoms with Crippen molar-refractivity contribution in [3.8, 4) is 0 Å². The van der Waals surface area contributed by atoms with Crippen molar-refractivity contribution in [2.24, 2.45) is 0 Å². The molecule has 1 aliphatic heterocycles. The predicted octanol–water partition coefficient (Wildman–Crippen LogP) is 3.56. The number of benzene rings is 2. The number of halogens is 1. The first kappa shape index (κ1) is 21.2. The minimum Gasteiger partial charge on any atom is -0.378 e. The van der Waals surface area contributed by atoms with Gasteiger partial charge in [0.1, 0.15) is 11.6 Å². The summed E-state index contributed by atoms with van der Waals surface area (Å²) in [5.74, 6) is 0.351. The first-order valence-corrected chi connectivity index (χ1v) is 10.5. The lowest BCUT2D eigenvalue weighted by Gasteiger charge is -2.28. The van der Waals surface area contributed by atoms with Crippen molar-refractivity contribution in [2.45, 2.75) is 6.04 Å². The summed E-state index contributed by atoms with van der Waals surface area (Å²) in [6.45, 7) is 2.80. The largest absolute Gasteiger partial charge is 0.378 e. The van der Waals surface area contributed by atoms with Gasteiger partial charge >= 0.3 is 0 Å². The second-order valence-electron chi connectivity index (χ2n) is 7.89. The second kappa shape index (κ2) is 9.41. The number of aromatic nitrogens is 1. The molecular formula is C24H27FN4O2. The van der Waals surface area contributed by atoms with Gasteiger partial charge in [-0.15, -0.1) is 0 Å².